The molecule has 5 heteroatoms. The molecule has 1 atom stereocenters. The zero-order valence-electron chi connectivity index (χ0n) is 8.34. The van der Waals surface area contributed by atoms with Gasteiger partial charge in [-0.05, 0) is 0 Å². The standard InChI is InChI=1S/C10H12N4O/c1-14-10(11)9(15)8(12-13-14)7-5-3-2-4-6-7/h2-6,10,13H,11H2,1H3. The predicted molar refractivity (Wildman–Crippen MR) is 56.9 cm³/mol. The fourth-order valence-electron chi connectivity index (χ4n) is 1.36. The Morgan fingerprint density at radius 2 is 2.07 bits per heavy atom. The van der Waals surface area contributed by atoms with E-state index >= 15 is 0 Å². The number of hydrazone groups is 1. The fraction of sp³-hybridized carbons (Fsp3) is 0.200. The van der Waals surface area contributed by atoms with Crippen molar-refractivity contribution in [3.63, 3.8) is 0 Å². The monoisotopic (exact) mass is 204 g/mol. The summed E-state index contributed by atoms with van der Waals surface area (Å²) in [5, 5.41) is 5.44. The van der Waals surface area contributed by atoms with Crippen molar-refractivity contribution < 1.29 is 4.79 Å². The molecule has 1 aliphatic heterocycles. The summed E-state index contributed by atoms with van der Waals surface area (Å²) in [6, 6.07) is 9.26. The maximum atomic E-state index is 11.8. The number of carbonyl (C=O) groups is 1. The Morgan fingerprint density at radius 1 is 1.40 bits per heavy atom. The number of hydrazine groups is 1. The molecule has 0 aliphatic carbocycles. The molecule has 0 bridgehead atoms. The van der Waals surface area contributed by atoms with E-state index < -0.39 is 6.17 Å². The summed E-state index contributed by atoms with van der Waals surface area (Å²) in [5.74, 6) is -0.178. The molecule has 0 radical (unpaired) electrons. The van der Waals surface area contributed by atoms with Crippen molar-refractivity contribution in [2.45, 2.75) is 6.17 Å². The molecule has 0 spiro atoms. The molecular formula is C10H12N4O. The number of Topliss-reactive ketones (excluding diaryl/α,β-unsaturated/α-hetero) is 1. The van der Waals surface area contributed by atoms with Gasteiger partial charge in [0.15, 0.2) is 0 Å². The molecule has 0 saturated carbocycles. The van der Waals surface area contributed by atoms with E-state index in [2.05, 4.69) is 10.6 Å². The van der Waals surface area contributed by atoms with E-state index in [0.29, 0.717) is 5.71 Å². The molecule has 0 aromatic heterocycles. The molecular weight excluding hydrogens is 192 g/mol. The molecule has 0 amide bonds. The van der Waals surface area contributed by atoms with Crippen LogP contribution in [0.2, 0.25) is 0 Å². The Kier molecular flexibility index (Phi) is 2.49. The van der Waals surface area contributed by atoms with Crippen LogP contribution in [0.15, 0.2) is 35.4 Å². The molecule has 0 fully saturated rings. The Morgan fingerprint density at radius 3 is 2.73 bits per heavy atom. The average Bonchev–Trinajstić information content (AvgIpc) is 2.27. The summed E-state index contributed by atoms with van der Waals surface area (Å²) in [6.45, 7) is 0. The molecule has 5 nitrogen and oxygen atoms in total. The third-order valence-electron chi connectivity index (χ3n) is 2.29. The topological polar surface area (TPSA) is 70.7 Å². The smallest absolute Gasteiger partial charge is 0.216 e. The van der Waals surface area contributed by atoms with Crippen LogP contribution in [0.1, 0.15) is 5.56 Å². The molecule has 3 N–H and O–H groups in total. The Balaban J connectivity index is 2.35. The zero-order chi connectivity index (χ0) is 10.8. The summed E-state index contributed by atoms with van der Waals surface area (Å²) in [4.78, 5) is 11.8. The van der Waals surface area contributed by atoms with Crippen LogP contribution in [0, 0.1) is 0 Å². The number of rotatable bonds is 1. The van der Waals surface area contributed by atoms with Crippen molar-refractivity contribution in [3.8, 4) is 0 Å². The van der Waals surface area contributed by atoms with Crippen molar-refractivity contribution in [2.75, 3.05) is 7.05 Å². The first-order chi connectivity index (χ1) is 7.20. The van der Waals surface area contributed by atoms with E-state index in [1.165, 1.54) is 5.01 Å². The van der Waals surface area contributed by atoms with Gasteiger partial charge < -0.3 is 5.73 Å². The third-order valence-corrected chi connectivity index (χ3v) is 2.29. The number of nitrogens with one attached hydrogen (secondary N) is 1. The van der Waals surface area contributed by atoms with Crippen molar-refractivity contribution >= 4 is 11.5 Å². The van der Waals surface area contributed by atoms with Gasteiger partial charge in [0.05, 0.1) is 0 Å². The summed E-state index contributed by atoms with van der Waals surface area (Å²) < 4.78 is 0. The highest BCUT2D eigenvalue weighted by Gasteiger charge is 2.28. The maximum Gasteiger partial charge on any atom is 0.216 e. The first kappa shape index (κ1) is 9.82. The van der Waals surface area contributed by atoms with Gasteiger partial charge in [-0.2, -0.15) is 10.1 Å². The second-order valence-corrected chi connectivity index (χ2v) is 3.35. The lowest BCUT2D eigenvalue weighted by atomic mass is 10.0. The third kappa shape index (κ3) is 1.74. The Bertz CT molecular complexity index is 401. The number of carbonyl (C=O) groups excluding carboxylic acids is 1. The largest absolute Gasteiger partial charge is 0.308 e. The molecule has 0 saturated heterocycles. The highest BCUT2D eigenvalue weighted by Crippen LogP contribution is 2.07. The highest BCUT2D eigenvalue weighted by atomic mass is 16.1. The number of hydrogen-bond donors (Lipinski definition) is 2. The van der Waals surface area contributed by atoms with E-state index in [-0.39, 0.29) is 5.78 Å². The number of nitrogens with zero attached hydrogens (tertiary/aromatic N) is 2. The van der Waals surface area contributed by atoms with E-state index in [1.807, 2.05) is 30.3 Å². The van der Waals surface area contributed by atoms with Crippen LogP contribution in [0.5, 0.6) is 0 Å². The van der Waals surface area contributed by atoms with Gasteiger partial charge in [-0.25, -0.2) is 5.53 Å². The van der Waals surface area contributed by atoms with Gasteiger partial charge in [-0.3, -0.25) is 4.79 Å². The van der Waals surface area contributed by atoms with Crippen LogP contribution in [0.3, 0.4) is 0 Å². The van der Waals surface area contributed by atoms with Crippen LogP contribution < -0.4 is 11.3 Å². The lowest BCUT2D eigenvalue weighted by molar-refractivity contribution is -0.119. The van der Waals surface area contributed by atoms with Gasteiger partial charge in [-0.1, -0.05) is 30.3 Å². The minimum atomic E-state index is -0.683. The fourth-order valence-corrected chi connectivity index (χ4v) is 1.36. The number of ketones is 1. The normalized spacial score (nSPS) is 22.1. The van der Waals surface area contributed by atoms with Crippen molar-refractivity contribution in [3.05, 3.63) is 35.9 Å². The predicted octanol–water partition coefficient (Wildman–Crippen LogP) is -0.305. The van der Waals surface area contributed by atoms with Gasteiger partial charge in [0, 0.05) is 12.6 Å². The van der Waals surface area contributed by atoms with Crippen LogP contribution in [0.4, 0.5) is 0 Å². The quantitative estimate of drug-likeness (QED) is 0.658. The van der Waals surface area contributed by atoms with Gasteiger partial charge in [-0.15, -0.1) is 0 Å². The number of hydrogen-bond acceptors (Lipinski definition) is 5. The first-order valence-corrected chi connectivity index (χ1v) is 4.61. The van der Waals surface area contributed by atoms with Crippen LogP contribution >= 0.6 is 0 Å². The van der Waals surface area contributed by atoms with E-state index in [4.69, 9.17) is 5.73 Å². The minimum absolute atomic E-state index is 0.178. The molecule has 1 heterocycles. The molecule has 1 aromatic carbocycles. The van der Waals surface area contributed by atoms with E-state index in [1.54, 1.807) is 7.05 Å². The summed E-state index contributed by atoms with van der Waals surface area (Å²) >= 11 is 0. The number of benzene rings is 1. The van der Waals surface area contributed by atoms with Gasteiger partial charge in [0.1, 0.15) is 11.9 Å². The van der Waals surface area contributed by atoms with Crippen LogP contribution in [0.25, 0.3) is 0 Å². The van der Waals surface area contributed by atoms with Crippen LogP contribution in [-0.2, 0) is 4.79 Å². The summed E-state index contributed by atoms with van der Waals surface area (Å²) in [7, 11) is 1.67. The van der Waals surface area contributed by atoms with Gasteiger partial charge >= 0.3 is 0 Å². The summed E-state index contributed by atoms with van der Waals surface area (Å²) in [6.07, 6.45) is -0.683. The lowest BCUT2D eigenvalue weighted by Crippen LogP contribution is -2.56. The first-order valence-electron chi connectivity index (χ1n) is 4.61. The minimum Gasteiger partial charge on any atom is -0.308 e. The molecule has 1 unspecified atom stereocenters. The second-order valence-electron chi connectivity index (χ2n) is 3.35. The second kappa shape index (κ2) is 3.80. The van der Waals surface area contributed by atoms with Crippen molar-refractivity contribution in [1.29, 1.82) is 0 Å². The molecule has 1 aliphatic rings. The average molecular weight is 204 g/mol. The van der Waals surface area contributed by atoms with Crippen LogP contribution in [-0.4, -0.2) is 29.7 Å². The number of nitrogens with two attached hydrogens (primary N) is 1. The highest BCUT2D eigenvalue weighted by molar-refractivity contribution is 6.47. The van der Waals surface area contributed by atoms with Gasteiger partial charge in [0.2, 0.25) is 5.78 Å². The van der Waals surface area contributed by atoms with Crippen molar-refractivity contribution in [2.24, 2.45) is 10.8 Å². The lowest BCUT2D eigenvalue weighted by Gasteiger charge is -2.27. The zero-order valence-corrected chi connectivity index (χ0v) is 8.34. The Hall–Kier alpha value is -1.72. The molecule has 2 rings (SSSR count). The number of likely N-dealkylation sites (N-methyl/N-ethyl adjacent to an activating group) is 1. The van der Waals surface area contributed by atoms with E-state index in [9.17, 15) is 4.79 Å². The SMILES string of the molecule is CN1NN=C(c2ccccc2)C(=O)C1N. The molecule has 15 heavy (non-hydrogen) atoms. The maximum absolute atomic E-state index is 11.8. The van der Waals surface area contributed by atoms with Crippen molar-refractivity contribution in [1.82, 2.24) is 10.5 Å². The molecule has 78 valence electrons. The van der Waals surface area contributed by atoms with Gasteiger partial charge in [0.25, 0.3) is 0 Å². The Labute approximate surface area is 87.5 Å². The summed E-state index contributed by atoms with van der Waals surface area (Å²) in [5.41, 5.74) is 9.52. The van der Waals surface area contributed by atoms with E-state index in [0.717, 1.165) is 5.56 Å². The molecule has 1 aromatic rings.